The molecule has 1 aliphatic rings. The molecule has 1 fully saturated rings. The molecule has 2 heterocycles. The number of hydrogen-bond donors (Lipinski definition) is 18. The molecule has 1 aromatic heterocycles. The highest BCUT2D eigenvalue weighted by Gasteiger charge is 2.40. The van der Waals surface area contributed by atoms with Gasteiger partial charge in [-0.05, 0) is 104 Å². The number of hydrogen-bond acceptors (Lipinski definition) is 18. The molecule has 75 heavy (non-hydrogen) atoms. The topological polar surface area (TPSA) is 510 Å². The molecule has 24 N–H and O–H groups in total. The minimum Gasteiger partial charge on any atom is -0.481 e. The summed E-state index contributed by atoms with van der Waals surface area (Å²) in [5.74, 6) is -8.52. The number of aliphatic hydroxyl groups is 2. The lowest BCUT2D eigenvalue weighted by Gasteiger charge is -2.30. The van der Waals surface area contributed by atoms with Crippen LogP contribution < -0.4 is 71.6 Å². The highest BCUT2D eigenvalue weighted by atomic mass is 16.4. The summed E-state index contributed by atoms with van der Waals surface area (Å²) in [5, 5.41) is 55.6. The van der Waals surface area contributed by atoms with Gasteiger partial charge >= 0.3 is 5.97 Å². The lowest BCUT2D eigenvalue weighted by molar-refractivity contribution is -0.143. The van der Waals surface area contributed by atoms with Gasteiger partial charge in [-0.1, -0.05) is 6.42 Å². The standard InChI is InChI=1S/C46H83N17O12/c1-26(64)37(61-43(72)38(35(66)22-50)62-39(68)29(51)10-2-4-16-47)42(71)56-24-36(67)58-31(12-6-18-49)44(73)63-20-8-13-33(63)41(70)60-32(21-28-23-54-25-57-28)40(69)59-30(11-3-5-17-48)34(65)15-14-27(45(74)75)9-7-19-55-46(52)53/h23,25-27,29-33,35,37-38,64,66H,2-22,24,47-51H2,1H3,(H,54,57)(H,56,71)(H,58,67)(H,59,69)(H,60,70)(H,61,72)(H,62,68)(H,74,75)(H4,52,53,55)/t26-,27?,29+,30+,31-,32+,33+,35+,37+,38+/m1/s1. The summed E-state index contributed by atoms with van der Waals surface area (Å²) in [6.07, 6.45) is 3.29. The van der Waals surface area contributed by atoms with Gasteiger partial charge in [-0.15, -0.1) is 0 Å². The third kappa shape index (κ3) is 23.4. The molecule has 0 spiro atoms. The first-order valence-electron chi connectivity index (χ1n) is 25.5. The minimum absolute atomic E-state index is 0.0127. The third-order valence-corrected chi connectivity index (χ3v) is 12.6. The van der Waals surface area contributed by atoms with Gasteiger partial charge in [0.15, 0.2) is 11.7 Å². The second-order valence-electron chi connectivity index (χ2n) is 18.6. The van der Waals surface area contributed by atoms with E-state index in [1.54, 1.807) is 0 Å². The number of carboxylic acid groups (broad SMARTS) is 1. The normalized spacial score (nSPS) is 16.9. The maximum atomic E-state index is 14.2. The number of likely N-dealkylation sites (tertiary alicyclic amines) is 1. The number of guanidine groups is 1. The third-order valence-electron chi connectivity index (χ3n) is 12.6. The van der Waals surface area contributed by atoms with Crippen LogP contribution >= 0.6 is 0 Å². The number of Topliss-reactive ketones (excluding diaryl/α,β-unsaturated/α-hetero) is 1. The van der Waals surface area contributed by atoms with E-state index in [2.05, 4.69) is 47.2 Å². The van der Waals surface area contributed by atoms with Crippen LogP contribution in [0.5, 0.6) is 0 Å². The van der Waals surface area contributed by atoms with E-state index in [4.69, 9.17) is 39.8 Å². The average molecular weight is 1070 g/mol. The van der Waals surface area contributed by atoms with Crippen LogP contribution in [-0.2, 0) is 49.6 Å². The van der Waals surface area contributed by atoms with Crippen LogP contribution in [0.25, 0.3) is 0 Å². The first-order chi connectivity index (χ1) is 35.7. The van der Waals surface area contributed by atoms with Gasteiger partial charge in [0.25, 0.3) is 0 Å². The molecular weight excluding hydrogens is 983 g/mol. The molecule has 0 aromatic carbocycles. The molecule has 29 heteroatoms. The Morgan fingerprint density at radius 2 is 1.41 bits per heavy atom. The summed E-state index contributed by atoms with van der Waals surface area (Å²) < 4.78 is 0. The number of ketones is 1. The van der Waals surface area contributed by atoms with Crippen LogP contribution in [0.1, 0.15) is 103 Å². The number of imidazole rings is 1. The van der Waals surface area contributed by atoms with Gasteiger partial charge in [0, 0.05) is 44.4 Å². The summed E-state index contributed by atoms with van der Waals surface area (Å²) >= 11 is 0. The summed E-state index contributed by atoms with van der Waals surface area (Å²) in [6, 6.07) is -9.14. The first-order valence-corrected chi connectivity index (χ1v) is 25.5. The number of aliphatic carboxylic acids is 1. The summed E-state index contributed by atoms with van der Waals surface area (Å²) in [7, 11) is 0. The molecule has 0 aliphatic carbocycles. The summed E-state index contributed by atoms with van der Waals surface area (Å²) in [6.45, 7) is 1.13. The molecule has 1 aliphatic heterocycles. The van der Waals surface area contributed by atoms with Crippen molar-refractivity contribution >= 4 is 59.1 Å². The van der Waals surface area contributed by atoms with Crippen LogP contribution in [0.15, 0.2) is 12.5 Å². The van der Waals surface area contributed by atoms with Gasteiger partial charge in [-0.25, -0.2) is 4.98 Å². The number of aromatic amines is 1. The number of nitrogens with two attached hydrogens (primary N) is 6. The van der Waals surface area contributed by atoms with Crippen molar-refractivity contribution in [1.82, 2.24) is 52.1 Å². The van der Waals surface area contributed by atoms with Crippen LogP contribution in [0.3, 0.4) is 0 Å². The zero-order chi connectivity index (χ0) is 56.0. The molecule has 0 radical (unpaired) electrons. The molecule has 10 atom stereocenters. The Balaban J connectivity index is 2.22. The Hall–Kier alpha value is -6.37. The van der Waals surface area contributed by atoms with E-state index in [-0.39, 0.29) is 83.4 Å². The summed E-state index contributed by atoms with van der Waals surface area (Å²) in [5.41, 5.74) is 34.2. The van der Waals surface area contributed by atoms with E-state index in [9.17, 15) is 58.5 Å². The van der Waals surface area contributed by atoms with Crippen LogP contribution in [0.4, 0.5) is 0 Å². The minimum atomic E-state index is -1.71. The fourth-order valence-corrected chi connectivity index (χ4v) is 8.25. The van der Waals surface area contributed by atoms with E-state index in [0.29, 0.717) is 57.3 Å². The molecule has 7 amide bonds. The van der Waals surface area contributed by atoms with Crippen molar-refractivity contribution in [3.8, 4) is 0 Å². The molecule has 29 nitrogen and oxygen atoms in total. The maximum Gasteiger partial charge on any atom is 0.306 e. The van der Waals surface area contributed by atoms with Crippen molar-refractivity contribution in [2.45, 2.75) is 158 Å². The molecule has 424 valence electrons. The van der Waals surface area contributed by atoms with E-state index in [1.165, 1.54) is 24.3 Å². The van der Waals surface area contributed by atoms with E-state index in [1.807, 2.05) is 0 Å². The number of unbranched alkanes of at least 4 members (excludes halogenated alkanes) is 2. The Kier molecular flexibility index (Phi) is 30.2. The Bertz CT molecular complexity index is 2000. The zero-order valence-electron chi connectivity index (χ0n) is 42.9. The molecule has 2 rings (SSSR count). The number of amides is 7. The highest BCUT2D eigenvalue weighted by molar-refractivity contribution is 5.97. The predicted molar refractivity (Wildman–Crippen MR) is 273 cm³/mol. The number of H-pyrrole nitrogens is 1. The number of rotatable bonds is 38. The fraction of sp³-hybridized carbons (Fsp3) is 0.717. The fourth-order valence-electron chi connectivity index (χ4n) is 8.25. The monoisotopic (exact) mass is 1070 g/mol. The average Bonchev–Trinajstić information content (AvgIpc) is 4.09. The Morgan fingerprint density at radius 3 is 2.01 bits per heavy atom. The van der Waals surface area contributed by atoms with Crippen LogP contribution in [-0.4, -0.2) is 190 Å². The van der Waals surface area contributed by atoms with Crippen LogP contribution in [0.2, 0.25) is 0 Å². The van der Waals surface area contributed by atoms with E-state index in [0.717, 1.165) is 0 Å². The van der Waals surface area contributed by atoms with Crippen molar-refractivity contribution in [3.05, 3.63) is 18.2 Å². The van der Waals surface area contributed by atoms with Gasteiger partial charge in [-0.3, -0.25) is 48.6 Å². The van der Waals surface area contributed by atoms with E-state index < -0.39 is 127 Å². The van der Waals surface area contributed by atoms with Gasteiger partial charge in [0.05, 0.1) is 43.1 Å². The lowest BCUT2D eigenvalue weighted by atomic mass is 9.93. The van der Waals surface area contributed by atoms with Gasteiger partial charge in [-0.2, -0.15) is 0 Å². The number of nitrogens with one attached hydrogen (secondary N) is 9. The van der Waals surface area contributed by atoms with Crippen molar-refractivity contribution < 1.29 is 58.5 Å². The number of aromatic nitrogens is 2. The second-order valence-corrected chi connectivity index (χ2v) is 18.6. The van der Waals surface area contributed by atoms with E-state index >= 15 is 0 Å². The summed E-state index contributed by atoms with van der Waals surface area (Å²) in [4.78, 5) is 129. The number of carbonyl (C=O) groups is 9. The molecule has 1 saturated heterocycles. The van der Waals surface area contributed by atoms with Gasteiger partial charge in [0.2, 0.25) is 41.4 Å². The highest BCUT2D eigenvalue weighted by Crippen LogP contribution is 2.21. The maximum absolute atomic E-state index is 14.2. The molecule has 1 unspecified atom stereocenters. The number of nitrogens with zero attached hydrogens (tertiary/aromatic N) is 2. The van der Waals surface area contributed by atoms with Gasteiger partial charge < -0.3 is 96.8 Å². The van der Waals surface area contributed by atoms with Crippen molar-refractivity contribution in [1.29, 1.82) is 5.41 Å². The first kappa shape index (κ1) is 64.7. The van der Waals surface area contributed by atoms with Crippen molar-refractivity contribution in [2.75, 3.05) is 45.8 Å². The van der Waals surface area contributed by atoms with Crippen LogP contribution in [0, 0.1) is 11.3 Å². The molecule has 1 aromatic rings. The lowest BCUT2D eigenvalue weighted by Crippen LogP contribution is -2.62. The molecule has 0 saturated carbocycles. The largest absolute Gasteiger partial charge is 0.481 e. The van der Waals surface area contributed by atoms with Crippen molar-refractivity contribution in [2.24, 2.45) is 40.3 Å². The molecule has 0 bridgehead atoms. The Labute approximate surface area is 436 Å². The predicted octanol–water partition coefficient (Wildman–Crippen LogP) is -6.18. The zero-order valence-corrected chi connectivity index (χ0v) is 42.9. The van der Waals surface area contributed by atoms with Gasteiger partial charge in [0.1, 0.15) is 30.2 Å². The smallest absolute Gasteiger partial charge is 0.306 e. The number of carbonyl (C=O) groups excluding carboxylic acids is 8. The quantitative estimate of drug-likeness (QED) is 0.0166. The van der Waals surface area contributed by atoms with Crippen molar-refractivity contribution in [3.63, 3.8) is 0 Å². The second kappa shape index (κ2) is 35.0. The Morgan fingerprint density at radius 1 is 0.760 bits per heavy atom. The number of carboxylic acids is 1. The SMILES string of the molecule is C[C@@H](O)[C@H](NC(=O)[C@@H](NC(=O)[C@@H](N)CCCCN)[C@@H](O)CN)C(=O)NCC(=O)N[C@H](CCCN)C(=O)N1CCC[C@H]1C(=O)N[C@@H](Cc1cnc[nH]1)C(=O)N[C@@H](CCCCN)C(=O)CCC(CCCNC(=N)N)C(=O)O. The molecular formula is C46H83N17O12. The number of aliphatic hydroxyl groups excluding tert-OH is 2.